The zero-order valence-corrected chi connectivity index (χ0v) is 17.2. The van der Waals surface area contributed by atoms with Crippen LogP contribution in [0.2, 0.25) is 0 Å². The molecule has 1 aliphatic rings. The number of carbonyl (C=O) groups is 3. The summed E-state index contributed by atoms with van der Waals surface area (Å²) in [6.45, 7) is 4.11. The second kappa shape index (κ2) is 8.14. The van der Waals surface area contributed by atoms with E-state index >= 15 is 0 Å². The Labute approximate surface area is 179 Å². The third-order valence-electron chi connectivity index (χ3n) is 5.37. The maximum Gasteiger partial charge on any atom is 0.266 e. The van der Waals surface area contributed by atoms with Gasteiger partial charge in [-0.1, -0.05) is 24.3 Å². The fourth-order valence-electron chi connectivity index (χ4n) is 3.63. The highest BCUT2D eigenvalue weighted by Crippen LogP contribution is 2.31. The largest absolute Gasteiger partial charge is 0.352 e. The number of rotatable bonds is 5. The van der Waals surface area contributed by atoms with Crippen LogP contribution in [0.25, 0.3) is 0 Å². The summed E-state index contributed by atoms with van der Waals surface area (Å²) in [5, 5.41) is 2.80. The van der Waals surface area contributed by atoms with Gasteiger partial charge in [-0.3, -0.25) is 14.4 Å². The van der Waals surface area contributed by atoms with E-state index in [-0.39, 0.29) is 22.9 Å². The van der Waals surface area contributed by atoms with Crippen LogP contribution in [0.3, 0.4) is 0 Å². The minimum absolute atomic E-state index is 0.220. The van der Waals surface area contributed by atoms with Gasteiger partial charge in [-0.05, 0) is 73.4 Å². The van der Waals surface area contributed by atoms with Crippen LogP contribution in [0.15, 0.2) is 60.7 Å². The van der Waals surface area contributed by atoms with Crippen molar-refractivity contribution in [3.05, 3.63) is 99.9 Å². The molecule has 0 aliphatic carbocycles. The number of benzene rings is 3. The fraction of sp³-hybridized carbons (Fsp3) is 0.160. The van der Waals surface area contributed by atoms with Crippen molar-refractivity contribution in [2.24, 2.45) is 0 Å². The third kappa shape index (κ3) is 3.97. The molecule has 0 saturated heterocycles. The van der Waals surface area contributed by atoms with Gasteiger partial charge < -0.3 is 5.32 Å². The van der Waals surface area contributed by atoms with Crippen LogP contribution in [0.5, 0.6) is 0 Å². The predicted octanol–water partition coefficient (Wildman–Crippen LogP) is 4.22. The highest BCUT2D eigenvalue weighted by Gasteiger charge is 2.37. The summed E-state index contributed by atoms with van der Waals surface area (Å²) in [7, 11) is 0. The first-order valence-electron chi connectivity index (χ1n) is 9.98. The van der Waals surface area contributed by atoms with E-state index in [1.54, 1.807) is 24.3 Å². The molecule has 6 heteroatoms. The molecule has 1 aliphatic heterocycles. The molecule has 31 heavy (non-hydrogen) atoms. The van der Waals surface area contributed by atoms with Crippen molar-refractivity contribution >= 4 is 23.4 Å². The molecule has 1 heterocycles. The first-order valence-corrected chi connectivity index (χ1v) is 9.98. The number of nitrogens with one attached hydrogen (secondary N) is 1. The minimum Gasteiger partial charge on any atom is -0.352 e. The molecule has 156 valence electrons. The van der Waals surface area contributed by atoms with Crippen molar-refractivity contribution in [2.75, 3.05) is 11.4 Å². The van der Waals surface area contributed by atoms with Crippen molar-refractivity contribution in [2.45, 2.75) is 20.3 Å². The number of fused-ring (bicyclic) bond motifs is 1. The molecule has 0 radical (unpaired) electrons. The first kappa shape index (κ1) is 20.5. The van der Waals surface area contributed by atoms with Crippen LogP contribution in [-0.2, 0) is 6.42 Å². The smallest absolute Gasteiger partial charge is 0.266 e. The van der Waals surface area contributed by atoms with Gasteiger partial charge in [0.15, 0.2) is 0 Å². The van der Waals surface area contributed by atoms with Crippen molar-refractivity contribution in [1.29, 1.82) is 0 Å². The van der Waals surface area contributed by atoms with Crippen LogP contribution in [0, 0.1) is 19.7 Å². The molecule has 5 nitrogen and oxygen atoms in total. The zero-order valence-electron chi connectivity index (χ0n) is 17.2. The minimum atomic E-state index is -0.435. The SMILES string of the molecule is Cc1ccc(C)c(N2C(=O)c3ccc(C(=O)NCCc4ccc(F)cc4)cc3C2=O)c1. The molecule has 0 fully saturated rings. The standard InChI is InChI=1S/C25H21FN2O3/c1-15-3-4-16(2)22(13-15)28-24(30)20-10-7-18(14-21(20)25(28)31)23(29)27-12-11-17-5-8-19(26)9-6-17/h3-10,13-14H,11-12H2,1-2H3,(H,27,29). The zero-order chi connectivity index (χ0) is 22.1. The van der Waals surface area contributed by atoms with Crippen LogP contribution < -0.4 is 10.2 Å². The monoisotopic (exact) mass is 416 g/mol. The van der Waals surface area contributed by atoms with Crippen LogP contribution in [-0.4, -0.2) is 24.3 Å². The summed E-state index contributed by atoms with van der Waals surface area (Å²) < 4.78 is 13.0. The molecule has 3 amide bonds. The Hall–Kier alpha value is -3.80. The second-order valence-electron chi connectivity index (χ2n) is 7.63. The number of anilines is 1. The number of carbonyl (C=O) groups excluding carboxylic acids is 3. The normalized spacial score (nSPS) is 12.8. The Morgan fingerprint density at radius 3 is 2.35 bits per heavy atom. The number of imide groups is 1. The van der Waals surface area contributed by atoms with E-state index in [2.05, 4.69) is 5.32 Å². The number of halogens is 1. The average Bonchev–Trinajstić information content (AvgIpc) is 3.01. The number of hydrogen-bond acceptors (Lipinski definition) is 3. The van der Waals surface area contributed by atoms with Gasteiger partial charge in [-0.2, -0.15) is 0 Å². The van der Waals surface area contributed by atoms with Crippen molar-refractivity contribution in [1.82, 2.24) is 5.32 Å². The summed E-state index contributed by atoms with van der Waals surface area (Å²) in [6.07, 6.45) is 0.550. The van der Waals surface area contributed by atoms with Gasteiger partial charge in [0.05, 0.1) is 16.8 Å². The maximum absolute atomic E-state index is 13.0. The Kier molecular flexibility index (Phi) is 5.38. The Bertz CT molecular complexity index is 1200. The fourth-order valence-corrected chi connectivity index (χ4v) is 3.63. The lowest BCUT2D eigenvalue weighted by molar-refractivity contribution is 0.0923. The highest BCUT2D eigenvalue weighted by molar-refractivity contribution is 6.35. The molecule has 4 rings (SSSR count). The Morgan fingerprint density at radius 2 is 1.61 bits per heavy atom. The average molecular weight is 416 g/mol. The summed E-state index contributed by atoms with van der Waals surface area (Å²) in [4.78, 5) is 39.6. The molecule has 1 N–H and O–H groups in total. The molecule has 0 spiro atoms. The lowest BCUT2D eigenvalue weighted by atomic mass is 10.1. The highest BCUT2D eigenvalue weighted by atomic mass is 19.1. The van der Waals surface area contributed by atoms with Gasteiger partial charge in [0, 0.05) is 12.1 Å². The van der Waals surface area contributed by atoms with Gasteiger partial charge in [0.2, 0.25) is 0 Å². The molecule has 0 aromatic heterocycles. The van der Waals surface area contributed by atoms with E-state index in [9.17, 15) is 18.8 Å². The number of amides is 3. The summed E-state index contributed by atoms with van der Waals surface area (Å²) in [5.74, 6) is -1.47. The molecule has 0 atom stereocenters. The molecule has 0 bridgehead atoms. The summed E-state index contributed by atoms with van der Waals surface area (Å²) >= 11 is 0. The van der Waals surface area contributed by atoms with Crippen molar-refractivity contribution < 1.29 is 18.8 Å². The lowest BCUT2D eigenvalue weighted by Crippen LogP contribution is -2.30. The molecular formula is C25H21FN2O3. The van der Waals surface area contributed by atoms with E-state index in [0.717, 1.165) is 16.7 Å². The summed E-state index contributed by atoms with van der Waals surface area (Å²) in [5.41, 5.74) is 4.03. The van der Waals surface area contributed by atoms with Gasteiger partial charge in [-0.25, -0.2) is 9.29 Å². The topological polar surface area (TPSA) is 66.5 Å². The van der Waals surface area contributed by atoms with Crippen LogP contribution in [0.4, 0.5) is 10.1 Å². The first-order chi connectivity index (χ1) is 14.8. The molecule has 3 aromatic carbocycles. The van der Waals surface area contributed by atoms with Crippen molar-refractivity contribution in [3.63, 3.8) is 0 Å². The lowest BCUT2D eigenvalue weighted by Gasteiger charge is -2.17. The van der Waals surface area contributed by atoms with Crippen LogP contribution >= 0.6 is 0 Å². The van der Waals surface area contributed by atoms with Crippen molar-refractivity contribution in [3.8, 4) is 0 Å². The van der Waals surface area contributed by atoms with E-state index in [4.69, 9.17) is 0 Å². The summed E-state index contributed by atoms with van der Waals surface area (Å²) in [6, 6.07) is 16.2. The van der Waals surface area contributed by atoms with Gasteiger partial charge >= 0.3 is 0 Å². The Morgan fingerprint density at radius 1 is 0.903 bits per heavy atom. The van der Waals surface area contributed by atoms with E-state index < -0.39 is 11.8 Å². The third-order valence-corrected chi connectivity index (χ3v) is 5.37. The predicted molar refractivity (Wildman–Crippen MR) is 116 cm³/mol. The quantitative estimate of drug-likeness (QED) is 0.634. The molecule has 0 saturated carbocycles. The van der Waals surface area contributed by atoms with E-state index in [1.165, 1.54) is 29.2 Å². The van der Waals surface area contributed by atoms with Gasteiger partial charge in [0.1, 0.15) is 5.82 Å². The van der Waals surface area contributed by atoms with E-state index in [1.807, 2.05) is 26.0 Å². The number of hydrogen-bond donors (Lipinski definition) is 1. The molecule has 0 unspecified atom stereocenters. The molecule has 3 aromatic rings. The van der Waals surface area contributed by atoms with Gasteiger partial charge in [0.25, 0.3) is 17.7 Å². The maximum atomic E-state index is 13.0. The van der Waals surface area contributed by atoms with Crippen LogP contribution in [0.1, 0.15) is 47.8 Å². The molecular weight excluding hydrogens is 395 g/mol. The van der Waals surface area contributed by atoms with E-state index in [0.29, 0.717) is 24.2 Å². The number of aryl methyl sites for hydroxylation is 2. The Balaban J connectivity index is 1.50. The number of nitrogens with zero attached hydrogens (tertiary/aromatic N) is 1. The second-order valence-corrected chi connectivity index (χ2v) is 7.63. The van der Waals surface area contributed by atoms with Gasteiger partial charge in [-0.15, -0.1) is 0 Å².